The quantitative estimate of drug-likeness (QED) is 0.263. The van der Waals surface area contributed by atoms with Gasteiger partial charge in [-0.15, -0.1) is 0 Å². The Labute approximate surface area is 247 Å². The van der Waals surface area contributed by atoms with Gasteiger partial charge in [0.25, 0.3) is 5.91 Å². The van der Waals surface area contributed by atoms with E-state index < -0.39 is 24.1 Å². The molecule has 1 heterocycles. The van der Waals surface area contributed by atoms with Gasteiger partial charge in [0, 0.05) is 49.4 Å². The van der Waals surface area contributed by atoms with Gasteiger partial charge in [-0.2, -0.15) is 0 Å². The van der Waals surface area contributed by atoms with E-state index in [1.165, 1.54) is 13.3 Å². The van der Waals surface area contributed by atoms with E-state index in [2.05, 4.69) is 21.3 Å². The number of carbonyl (C=O) groups excluding carboxylic acids is 4. The molecule has 0 radical (unpaired) electrons. The number of aliphatic hydroxyl groups is 1. The average Bonchev–Trinajstić information content (AvgIpc) is 3.41. The van der Waals surface area contributed by atoms with Crippen molar-refractivity contribution in [1.82, 2.24) is 16.0 Å². The van der Waals surface area contributed by atoms with Crippen molar-refractivity contribution in [2.75, 3.05) is 23.3 Å². The lowest BCUT2D eigenvalue weighted by molar-refractivity contribution is -0.123. The fourth-order valence-electron chi connectivity index (χ4n) is 5.60. The highest BCUT2D eigenvalue weighted by Gasteiger charge is 2.27. The second-order valence-corrected chi connectivity index (χ2v) is 11.4. The molecular formula is C32H43N5O5. The Morgan fingerprint density at radius 3 is 2.43 bits per heavy atom. The number of hydrogen-bond donors (Lipinski definition) is 5. The number of nitrogens with one attached hydrogen (secondary N) is 4. The van der Waals surface area contributed by atoms with Crippen LogP contribution in [-0.2, 0) is 20.8 Å². The first-order chi connectivity index (χ1) is 20.2. The summed E-state index contributed by atoms with van der Waals surface area (Å²) in [4.78, 5) is 52.1. The van der Waals surface area contributed by atoms with Crippen LogP contribution in [0.4, 0.5) is 11.4 Å². The molecule has 2 aliphatic rings. The molecule has 226 valence electrons. The molecule has 1 aliphatic carbocycles. The summed E-state index contributed by atoms with van der Waals surface area (Å²) in [7, 11) is 0. The average molecular weight is 578 g/mol. The SMILES string of the molecule is CC(=O)Nc1cc(C(=O)NC(Cc2ccccc2)C(O)CNC(C)C(=O)NC2CCCCC2)cc(N2CCCC2=O)c1. The summed E-state index contributed by atoms with van der Waals surface area (Å²) in [5, 5.41) is 23.1. The van der Waals surface area contributed by atoms with Gasteiger partial charge in [-0.25, -0.2) is 0 Å². The van der Waals surface area contributed by atoms with Crippen molar-refractivity contribution in [3.8, 4) is 0 Å². The zero-order valence-electron chi connectivity index (χ0n) is 24.5. The van der Waals surface area contributed by atoms with E-state index in [-0.39, 0.29) is 35.9 Å². The Morgan fingerprint density at radius 1 is 1.02 bits per heavy atom. The minimum atomic E-state index is -1.00. The van der Waals surface area contributed by atoms with E-state index in [9.17, 15) is 24.3 Å². The predicted molar refractivity (Wildman–Crippen MR) is 162 cm³/mol. The first-order valence-corrected chi connectivity index (χ1v) is 15.0. The standard InChI is InChI=1S/C32H43N5O5/c1-21(31(41)35-25-12-7-4-8-13-25)33-20-29(39)28(16-23-10-5-3-6-11-23)36-32(42)24-17-26(34-22(2)38)19-27(18-24)37-15-9-14-30(37)40/h3,5-6,10-11,17-19,21,25,28-29,33,39H,4,7-9,12-16,20H2,1-2H3,(H,34,38)(H,35,41)(H,36,42). The van der Waals surface area contributed by atoms with Crippen molar-refractivity contribution in [2.24, 2.45) is 0 Å². The molecule has 5 N–H and O–H groups in total. The van der Waals surface area contributed by atoms with Crippen LogP contribution in [0, 0.1) is 0 Å². The van der Waals surface area contributed by atoms with Crippen LogP contribution in [0.5, 0.6) is 0 Å². The molecule has 1 saturated carbocycles. The maximum absolute atomic E-state index is 13.6. The molecule has 0 aromatic heterocycles. The lowest BCUT2D eigenvalue weighted by atomic mass is 9.95. The molecule has 42 heavy (non-hydrogen) atoms. The van der Waals surface area contributed by atoms with Crippen LogP contribution in [0.1, 0.15) is 74.7 Å². The number of anilines is 2. The molecule has 10 nitrogen and oxygen atoms in total. The van der Waals surface area contributed by atoms with Crippen LogP contribution in [0.15, 0.2) is 48.5 Å². The topological polar surface area (TPSA) is 140 Å². The van der Waals surface area contributed by atoms with E-state index >= 15 is 0 Å². The van der Waals surface area contributed by atoms with Gasteiger partial charge in [-0.05, 0) is 56.4 Å². The number of aliphatic hydroxyl groups excluding tert-OH is 1. The molecule has 2 aromatic carbocycles. The summed E-state index contributed by atoms with van der Waals surface area (Å²) in [6, 6.07) is 13.4. The Morgan fingerprint density at radius 2 is 1.76 bits per heavy atom. The summed E-state index contributed by atoms with van der Waals surface area (Å²) in [6.45, 7) is 3.78. The molecule has 0 spiro atoms. The molecule has 2 aromatic rings. The van der Waals surface area contributed by atoms with Crippen LogP contribution in [0.2, 0.25) is 0 Å². The molecular weight excluding hydrogens is 534 g/mol. The number of hydrogen-bond acceptors (Lipinski definition) is 6. The maximum Gasteiger partial charge on any atom is 0.251 e. The van der Waals surface area contributed by atoms with Crippen LogP contribution in [-0.4, -0.2) is 66.1 Å². The highest BCUT2D eigenvalue weighted by molar-refractivity contribution is 6.01. The Hall–Kier alpha value is -3.76. The monoisotopic (exact) mass is 577 g/mol. The second kappa shape index (κ2) is 14.9. The zero-order chi connectivity index (χ0) is 30.1. The van der Waals surface area contributed by atoms with Gasteiger partial charge in [-0.1, -0.05) is 49.6 Å². The first kappa shape index (κ1) is 31.2. The van der Waals surface area contributed by atoms with Crippen molar-refractivity contribution >= 4 is 35.0 Å². The number of nitrogens with zero attached hydrogens (tertiary/aromatic N) is 1. The van der Waals surface area contributed by atoms with Gasteiger partial charge in [0.1, 0.15) is 0 Å². The number of amides is 4. The third-order valence-corrected chi connectivity index (χ3v) is 7.94. The highest BCUT2D eigenvalue weighted by atomic mass is 16.3. The fraction of sp³-hybridized carbons (Fsp3) is 0.500. The van der Waals surface area contributed by atoms with Gasteiger partial charge >= 0.3 is 0 Å². The van der Waals surface area contributed by atoms with Crippen LogP contribution in [0.25, 0.3) is 0 Å². The highest BCUT2D eigenvalue weighted by Crippen LogP contribution is 2.27. The molecule has 3 unspecified atom stereocenters. The van der Waals surface area contributed by atoms with Crippen LogP contribution in [0.3, 0.4) is 0 Å². The van der Waals surface area contributed by atoms with Gasteiger partial charge in [0.2, 0.25) is 17.7 Å². The normalized spacial score (nSPS) is 17.8. The largest absolute Gasteiger partial charge is 0.390 e. The van der Waals surface area contributed by atoms with Crippen LogP contribution >= 0.6 is 0 Å². The summed E-state index contributed by atoms with van der Waals surface area (Å²) in [5.41, 5.74) is 2.13. The molecule has 2 fully saturated rings. The van der Waals surface area contributed by atoms with Crippen molar-refractivity contribution in [3.63, 3.8) is 0 Å². The minimum absolute atomic E-state index is 0.0357. The van der Waals surface area contributed by atoms with E-state index in [0.29, 0.717) is 30.8 Å². The third-order valence-electron chi connectivity index (χ3n) is 7.94. The smallest absolute Gasteiger partial charge is 0.251 e. The Balaban J connectivity index is 1.47. The Kier molecular flexibility index (Phi) is 11.1. The maximum atomic E-state index is 13.6. The molecule has 0 bridgehead atoms. The summed E-state index contributed by atoms with van der Waals surface area (Å²) >= 11 is 0. The van der Waals surface area contributed by atoms with Crippen molar-refractivity contribution in [1.29, 1.82) is 0 Å². The zero-order valence-corrected chi connectivity index (χ0v) is 24.5. The minimum Gasteiger partial charge on any atom is -0.390 e. The number of carbonyl (C=O) groups is 4. The predicted octanol–water partition coefficient (Wildman–Crippen LogP) is 2.90. The summed E-state index contributed by atoms with van der Waals surface area (Å²) < 4.78 is 0. The van der Waals surface area contributed by atoms with Crippen LogP contribution < -0.4 is 26.2 Å². The van der Waals surface area contributed by atoms with Gasteiger partial charge in [0.05, 0.1) is 18.2 Å². The molecule has 1 aliphatic heterocycles. The van der Waals surface area contributed by atoms with E-state index in [4.69, 9.17) is 0 Å². The number of rotatable bonds is 12. The van der Waals surface area contributed by atoms with Gasteiger partial charge in [-0.3, -0.25) is 19.2 Å². The molecule has 4 rings (SSSR count). The molecule has 3 atom stereocenters. The number of benzene rings is 2. The van der Waals surface area contributed by atoms with Gasteiger partial charge < -0.3 is 31.3 Å². The fourth-order valence-corrected chi connectivity index (χ4v) is 5.60. The molecule has 10 heteroatoms. The van der Waals surface area contributed by atoms with E-state index in [1.54, 1.807) is 30.0 Å². The van der Waals surface area contributed by atoms with Crippen molar-refractivity contribution < 1.29 is 24.3 Å². The first-order valence-electron chi connectivity index (χ1n) is 15.0. The summed E-state index contributed by atoms with van der Waals surface area (Å²) in [6.07, 6.45) is 5.94. The Bertz CT molecular complexity index is 1250. The molecule has 1 saturated heterocycles. The van der Waals surface area contributed by atoms with E-state index in [0.717, 1.165) is 37.7 Å². The lowest BCUT2D eigenvalue weighted by Gasteiger charge is -2.28. The summed E-state index contributed by atoms with van der Waals surface area (Å²) in [5.74, 6) is -0.877. The van der Waals surface area contributed by atoms with Crippen molar-refractivity contribution in [2.45, 2.75) is 89.4 Å². The van der Waals surface area contributed by atoms with Gasteiger partial charge in [0.15, 0.2) is 0 Å². The lowest BCUT2D eigenvalue weighted by Crippen LogP contribution is -2.53. The molecule has 4 amide bonds. The van der Waals surface area contributed by atoms with E-state index in [1.807, 2.05) is 30.3 Å². The third kappa shape index (κ3) is 8.87. The second-order valence-electron chi connectivity index (χ2n) is 11.4. The van der Waals surface area contributed by atoms with Crippen molar-refractivity contribution in [3.05, 3.63) is 59.7 Å².